The highest BCUT2D eigenvalue weighted by molar-refractivity contribution is 7.99. The molecule has 0 unspecified atom stereocenters. The van der Waals surface area contributed by atoms with Crippen LogP contribution < -0.4 is 5.32 Å². The van der Waals surface area contributed by atoms with Gasteiger partial charge in [0.2, 0.25) is 0 Å². The van der Waals surface area contributed by atoms with Crippen LogP contribution in [-0.2, 0) is 4.79 Å². The highest BCUT2D eigenvalue weighted by Gasteiger charge is 2.34. The van der Waals surface area contributed by atoms with Crippen LogP contribution in [0.25, 0.3) is 0 Å². The van der Waals surface area contributed by atoms with Crippen LogP contribution in [0.3, 0.4) is 0 Å². The summed E-state index contributed by atoms with van der Waals surface area (Å²) in [7, 11) is 0. The van der Waals surface area contributed by atoms with Gasteiger partial charge in [-0.25, -0.2) is 9.59 Å². The minimum Gasteiger partial charge on any atom is -0.480 e. The minimum atomic E-state index is -0.934. The fourth-order valence-corrected chi connectivity index (χ4v) is 3.50. The fourth-order valence-electron chi connectivity index (χ4n) is 2.35. The number of carboxylic acid groups (broad SMARTS) is 1. The van der Waals surface area contributed by atoms with Crippen molar-refractivity contribution in [1.82, 2.24) is 15.1 Å². The van der Waals surface area contributed by atoms with Gasteiger partial charge in [-0.2, -0.15) is 0 Å². The third-order valence-electron chi connectivity index (χ3n) is 3.40. The Kier molecular flexibility index (Phi) is 6.61. The van der Waals surface area contributed by atoms with E-state index in [1.54, 1.807) is 0 Å². The van der Waals surface area contributed by atoms with Gasteiger partial charge in [-0.1, -0.05) is 0 Å². The molecule has 1 atom stereocenters. The Morgan fingerprint density at radius 3 is 2.45 bits per heavy atom. The number of aliphatic carboxylic acids is 1. The quantitative estimate of drug-likeness (QED) is 0.773. The number of amides is 2. The molecule has 0 aliphatic carbocycles. The number of carbonyl (C=O) groups is 2. The molecule has 0 aromatic rings. The third-order valence-corrected chi connectivity index (χ3v) is 4.41. The smallest absolute Gasteiger partial charge is 0.327 e. The van der Waals surface area contributed by atoms with E-state index in [1.807, 2.05) is 0 Å². The molecule has 2 amide bonds. The molecule has 1 fully saturated rings. The number of urea groups is 1. The first-order chi connectivity index (χ1) is 9.34. The fraction of sp³-hybridized carbons (Fsp3) is 0.846. The zero-order valence-corrected chi connectivity index (χ0v) is 13.4. The van der Waals surface area contributed by atoms with Crippen LogP contribution >= 0.6 is 11.8 Å². The molecule has 0 aromatic heterocycles. The van der Waals surface area contributed by atoms with Crippen molar-refractivity contribution in [3.63, 3.8) is 0 Å². The minimum absolute atomic E-state index is 0.283. The molecule has 0 aromatic carbocycles. The summed E-state index contributed by atoms with van der Waals surface area (Å²) in [6.45, 7) is 9.79. The monoisotopic (exact) mass is 303 g/mol. The highest BCUT2D eigenvalue weighted by atomic mass is 32.2. The maximum atomic E-state index is 12.0. The van der Waals surface area contributed by atoms with Gasteiger partial charge >= 0.3 is 12.0 Å². The lowest BCUT2D eigenvalue weighted by Gasteiger charge is -2.31. The van der Waals surface area contributed by atoms with Crippen LogP contribution in [0.4, 0.5) is 4.79 Å². The normalized spacial score (nSPS) is 19.1. The van der Waals surface area contributed by atoms with Gasteiger partial charge in [0.15, 0.2) is 0 Å². The molecule has 0 radical (unpaired) electrons. The van der Waals surface area contributed by atoms with E-state index >= 15 is 0 Å². The Labute approximate surface area is 124 Å². The number of thioether (sulfide) groups is 1. The number of nitrogens with zero attached hydrogens (tertiary/aromatic N) is 2. The van der Waals surface area contributed by atoms with Crippen molar-refractivity contribution in [2.75, 3.05) is 24.7 Å². The van der Waals surface area contributed by atoms with Gasteiger partial charge in [0.05, 0.1) is 5.88 Å². The summed E-state index contributed by atoms with van der Waals surface area (Å²) < 4.78 is 0. The maximum absolute atomic E-state index is 12.0. The van der Waals surface area contributed by atoms with Gasteiger partial charge in [0.25, 0.3) is 0 Å². The summed E-state index contributed by atoms with van der Waals surface area (Å²) in [6, 6.07) is -0.150. The van der Waals surface area contributed by atoms with Crippen molar-refractivity contribution >= 4 is 23.8 Å². The lowest BCUT2D eigenvalue weighted by Crippen LogP contribution is -2.49. The van der Waals surface area contributed by atoms with E-state index in [4.69, 9.17) is 5.11 Å². The van der Waals surface area contributed by atoms with E-state index in [0.717, 1.165) is 6.54 Å². The van der Waals surface area contributed by atoms with Gasteiger partial charge in [-0.15, -0.1) is 11.8 Å². The molecule has 1 heterocycles. The molecule has 0 spiro atoms. The second-order valence-corrected chi connectivity index (χ2v) is 6.48. The number of hydrogen-bond donors (Lipinski definition) is 2. The van der Waals surface area contributed by atoms with Crippen molar-refractivity contribution in [3.05, 3.63) is 0 Å². The summed E-state index contributed by atoms with van der Waals surface area (Å²) in [5.74, 6) is -0.0237. The van der Waals surface area contributed by atoms with Crippen LogP contribution in [0.1, 0.15) is 27.7 Å². The summed E-state index contributed by atoms with van der Waals surface area (Å²) in [4.78, 5) is 26.7. The van der Waals surface area contributed by atoms with E-state index in [0.29, 0.717) is 30.3 Å². The van der Waals surface area contributed by atoms with Crippen LogP contribution in [-0.4, -0.2) is 69.8 Å². The Hall–Kier alpha value is -0.950. The van der Waals surface area contributed by atoms with Crippen LogP contribution in [0.5, 0.6) is 0 Å². The second-order valence-electron chi connectivity index (χ2n) is 5.48. The molecular formula is C13H25N3O3S. The molecule has 6 nitrogen and oxygen atoms in total. The number of rotatable bonds is 6. The van der Waals surface area contributed by atoms with E-state index in [-0.39, 0.29) is 6.03 Å². The largest absolute Gasteiger partial charge is 0.480 e. The second kappa shape index (κ2) is 7.73. The van der Waals surface area contributed by atoms with E-state index in [9.17, 15) is 9.59 Å². The van der Waals surface area contributed by atoms with Gasteiger partial charge < -0.3 is 15.3 Å². The third kappa shape index (κ3) is 4.56. The first kappa shape index (κ1) is 17.1. The lowest BCUT2D eigenvalue weighted by molar-refractivity contribution is -0.140. The predicted molar refractivity (Wildman–Crippen MR) is 81.0 cm³/mol. The average molecular weight is 303 g/mol. The van der Waals surface area contributed by atoms with Crippen molar-refractivity contribution in [3.8, 4) is 0 Å². The molecule has 0 bridgehead atoms. The Bertz CT molecular complexity index is 342. The number of carboxylic acids is 1. The van der Waals surface area contributed by atoms with Crippen LogP contribution in [0.2, 0.25) is 0 Å². The topological polar surface area (TPSA) is 72.9 Å². The molecule has 1 saturated heterocycles. The SMILES string of the molecule is CC(C)N(CCNC(=O)N1CSC[C@H]1C(=O)O)C(C)C. The van der Waals surface area contributed by atoms with E-state index < -0.39 is 12.0 Å². The molecule has 7 heteroatoms. The number of carbonyl (C=O) groups excluding carboxylic acids is 1. The van der Waals surface area contributed by atoms with E-state index in [2.05, 4.69) is 37.9 Å². The first-order valence-electron chi connectivity index (χ1n) is 6.95. The van der Waals surface area contributed by atoms with Gasteiger partial charge in [-0.05, 0) is 27.7 Å². The average Bonchev–Trinajstić information content (AvgIpc) is 2.82. The lowest BCUT2D eigenvalue weighted by atomic mass is 10.2. The predicted octanol–water partition coefficient (Wildman–Crippen LogP) is 1.27. The maximum Gasteiger partial charge on any atom is 0.327 e. The van der Waals surface area contributed by atoms with Gasteiger partial charge in [0.1, 0.15) is 6.04 Å². The highest BCUT2D eigenvalue weighted by Crippen LogP contribution is 2.20. The molecule has 0 saturated carbocycles. The number of hydrogen-bond acceptors (Lipinski definition) is 4. The van der Waals surface area contributed by atoms with E-state index in [1.165, 1.54) is 16.7 Å². The zero-order valence-electron chi connectivity index (χ0n) is 12.6. The summed E-state index contributed by atoms with van der Waals surface area (Å²) >= 11 is 1.47. The van der Waals surface area contributed by atoms with Gasteiger partial charge in [0, 0.05) is 30.9 Å². The van der Waals surface area contributed by atoms with Crippen molar-refractivity contribution < 1.29 is 14.7 Å². The number of nitrogens with one attached hydrogen (secondary N) is 1. The summed E-state index contributed by atoms with van der Waals surface area (Å²) in [5.41, 5.74) is 0. The summed E-state index contributed by atoms with van der Waals surface area (Å²) in [6.07, 6.45) is 0. The first-order valence-corrected chi connectivity index (χ1v) is 8.10. The molecule has 1 rings (SSSR count). The Morgan fingerprint density at radius 1 is 1.35 bits per heavy atom. The van der Waals surface area contributed by atoms with Crippen molar-refractivity contribution in [1.29, 1.82) is 0 Å². The van der Waals surface area contributed by atoms with Gasteiger partial charge in [-0.3, -0.25) is 4.90 Å². The van der Waals surface area contributed by atoms with Crippen LogP contribution in [0.15, 0.2) is 0 Å². The van der Waals surface area contributed by atoms with Crippen molar-refractivity contribution in [2.24, 2.45) is 0 Å². The molecule has 2 N–H and O–H groups in total. The molecule has 116 valence electrons. The van der Waals surface area contributed by atoms with Crippen LogP contribution in [0, 0.1) is 0 Å². The zero-order chi connectivity index (χ0) is 15.3. The Balaban J connectivity index is 2.41. The molecule has 1 aliphatic rings. The Morgan fingerprint density at radius 2 is 1.95 bits per heavy atom. The molecule has 20 heavy (non-hydrogen) atoms. The molecule has 1 aliphatic heterocycles. The molecular weight excluding hydrogens is 278 g/mol. The van der Waals surface area contributed by atoms with Crippen molar-refractivity contribution in [2.45, 2.75) is 45.8 Å². The summed E-state index contributed by atoms with van der Waals surface area (Å²) in [5, 5.41) is 11.9. The standard InChI is InChI=1S/C13H25N3O3S/c1-9(2)15(10(3)4)6-5-14-13(19)16-8-20-7-11(16)12(17)18/h9-11H,5-8H2,1-4H3,(H,14,19)(H,17,18)/t11-/m0/s1.